The summed E-state index contributed by atoms with van der Waals surface area (Å²) in [5.41, 5.74) is 2.49. The van der Waals surface area contributed by atoms with Gasteiger partial charge in [0.25, 0.3) is 0 Å². The molecule has 0 amide bonds. The van der Waals surface area contributed by atoms with Crippen LogP contribution in [0.5, 0.6) is 5.75 Å². The maximum absolute atomic E-state index is 13.1. The Labute approximate surface area is 162 Å². The molecule has 1 aliphatic heterocycles. The summed E-state index contributed by atoms with van der Waals surface area (Å²) in [5, 5.41) is 18.3. The third kappa shape index (κ3) is 3.27. The molecule has 2 aliphatic rings. The number of nitrogens with one attached hydrogen (secondary N) is 1. The van der Waals surface area contributed by atoms with Gasteiger partial charge in [0.1, 0.15) is 11.8 Å². The Morgan fingerprint density at radius 2 is 2.11 bits per heavy atom. The van der Waals surface area contributed by atoms with E-state index in [0.29, 0.717) is 23.3 Å². The summed E-state index contributed by atoms with van der Waals surface area (Å²) < 4.78 is 1.78. The molecule has 1 aromatic heterocycles. The van der Waals surface area contributed by atoms with Crippen molar-refractivity contribution in [3.63, 3.8) is 0 Å². The fraction of sp³-hybridized carbons (Fsp3) is 0.350. The maximum atomic E-state index is 13.1. The van der Waals surface area contributed by atoms with E-state index in [9.17, 15) is 9.90 Å². The first-order chi connectivity index (χ1) is 12.9. The maximum Gasteiger partial charge on any atom is 0.227 e. The molecule has 0 radical (unpaired) electrons. The van der Waals surface area contributed by atoms with E-state index in [1.165, 1.54) is 11.8 Å². The lowest BCUT2D eigenvalue weighted by atomic mass is 9.73. The third-order valence-electron chi connectivity index (χ3n) is 4.85. The highest BCUT2D eigenvalue weighted by atomic mass is 32.2. The van der Waals surface area contributed by atoms with Gasteiger partial charge in [0, 0.05) is 23.4 Å². The number of aromatic nitrogens is 3. The molecule has 2 aromatic rings. The summed E-state index contributed by atoms with van der Waals surface area (Å²) in [6.45, 7) is 7.95. The lowest BCUT2D eigenvalue weighted by Gasteiger charge is -2.38. The Balaban J connectivity index is 1.84. The first kappa shape index (κ1) is 17.9. The fourth-order valence-corrected chi connectivity index (χ4v) is 4.31. The van der Waals surface area contributed by atoms with Crippen molar-refractivity contribution in [3.05, 3.63) is 53.8 Å². The number of Topliss-reactive ketones (excluding diaryl/α,β-unsaturated/α-hetero) is 1. The number of aromatic hydroxyl groups is 1. The molecule has 0 saturated carbocycles. The molecule has 2 heterocycles. The van der Waals surface area contributed by atoms with Crippen molar-refractivity contribution in [2.24, 2.45) is 5.41 Å². The summed E-state index contributed by atoms with van der Waals surface area (Å²) in [4.78, 5) is 17.7. The molecule has 140 valence electrons. The zero-order chi connectivity index (χ0) is 19.2. The molecule has 4 rings (SSSR count). The number of phenols is 1. The Morgan fingerprint density at radius 3 is 2.81 bits per heavy atom. The Morgan fingerprint density at radius 1 is 1.37 bits per heavy atom. The van der Waals surface area contributed by atoms with Gasteiger partial charge in [0.2, 0.25) is 11.1 Å². The molecule has 1 aliphatic carbocycles. The van der Waals surface area contributed by atoms with Crippen molar-refractivity contribution in [2.75, 3.05) is 11.1 Å². The number of carbonyl (C=O) groups excluding carboxylic acids is 1. The van der Waals surface area contributed by atoms with Crippen LogP contribution in [0.1, 0.15) is 38.3 Å². The average molecular weight is 382 g/mol. The second kappa shape index (κ2) is 6.56. The molecule has 7 heteroatoms. The summed E-state index contributed by atoms with van der Waals surface area (Å²) >= 11 is 1.50. The number of anilines is 1. The van der Waals surface area contributed by atoms with Gasteiger partial charge in [-0.15, -0.1) is 11.7 Å². The summed E-state index contributed by atoms with van der Waals surface area (Å²) in [7, 11) is 0. The lowest BCUT2D eigenvalue weighted by Crippen LogP contribution is -2.36. The summed E-state index contributed by atoms with van der Waals surface area (Å²) in [6, 6.07) is 6.61. The first-order valence-corrected chi connectivity index (χ1v) is 9.89. The number of carbonyl (C=O) groups is 1. The number of hydrogen-bond donors (Lipinski definition) is 2. The van der Waals surface area contributed by atoms with Crippen molar-refractivity contribution in [1.82, 2.24) is 14.8 Å². The van der Waals surface area contributed by atoms with E-state index in [-0.39, 0.29) is 23.0 Å². The van der Waals surface area contributed by atoms with E-state index in [1.807, 2.05) is 18.2 Å². The molecule has 0 saturated heterocycles. The predicted molar refractivity (Wildman–Crippen MR) is 106 cm³/mol. The molecule has 0 bridgehead atoms. The minimum Gasteiger partial charge on any atom is -0.508 e. The zero-order valence-electron chi connectivity index (χ0n) is 15.4. The van der Waals surface area contributed by atoms with Gasteiger partial charge in [-0.25, -0.2) is 4.68 Å². The molecule has 1 atom stereocenters. The molecule has 0 fully saturated rings. The zero-order valence-corrected chi connectivity index (χ0v) is 16.2. The van der Waals surface area contributed by atoms with Gasteiger partial charge in [0.15, 0.2) is 5.78 Å². The SMILES string of the molecule is C=CCSc1nc2n(n1)[C@H](c1ccc(O)cc1)C1=C(CC(C)(C)CC1=O)N2. The van der Waals surface area contributed by atoms with Crippen LogP contribution in [0.25, 0.3) is 0 Å². The van der Waals surface area contributed by atoms with Crippen LogP contribution in [0, 0.1) is 5.41 Å². The quantitative estimate of drug-likeness (QED) is 0.616. The predicted octanol–water partition coefficient (Wildman–Crippen LogP) is 3.92. The van der Waals surface area contributed by atoms with Gasteiger partial charge < -0.3 is 10.4 Å². The second-order valence-corrected chi connectivity index (χ2v) is 8.70. The first-order valence-electron chi connectivity index (χ1n) is 8.90. The molecule has 6 nitrogen and oxygen atoms in total. The summed E-state index contributed by atoms with van der Waals surface area (Å²) in [5.74, 6) is 1.68. The van der Waals surface area contributed by atoms with Gasteiger partial charge >= 0.3 is 0 Å². The van der Waals surface area contributed by atoms with Gasteiger partial charge in [-0.2, -0.15) is 4.98 Å². The number of rotatable bonds is 4. The van der Waals surface area contributed by atoms with E-state index in [4.69, 9.17) is 0 Å². The Bertz CT molecular complexity index is 943. The van der Waals surface area contributed by atoms with Crippen LogP contribution in [-0.2, 0) is 4.79 Å². The molecule has 0 unspecified atom stereocenters. The van der Waals surface area contributed by atoms with Crippen LogP contribution in [0.2, 0.25) is 0 Å². The second-order valence-electron chi connectivity index (χ2n) is 7.71. The van der Waals surface area contributed by atoms with Crippen LogP contribution in [0.4, 0.5) is 5.95 Å². The summed E-state index contributed by atoms with van der Waals surface area (Å²) in [6.07, 6.45) is 3.10. The van der Waals surface area contributed by atoms with E-state index in [0.717, 1.165) is 23.3 Å². The normalized spacial score (nSPS) is 20.7. The van der Waals surface area contributed by atoms with Crippen LogP contribution in [0.15, 0.2) is 53.3 Å². The van der Waals surface area contributed by atoms with Crippen LogP contribution >= 0.6 is 11.8 Å². The monoisotopic (exact) mass is 382 g/mol. The van der Waals surface area contributed by atoms with E-state index in [2.05, 4.69) is 35.8 Å². The lowest BCUT2D eigenvalue weighted by molar-refractivity contribution is -0.118. The number of allylic oxidation sites excluding steroid dienone is 2. The standard InChI is InChI=1S/C20H22N4O2S/c1-4-9-27-19-22-18-21-14-10-20(2,3)11-15(26)16(14)17(24(18)23-19)12-5-7-13(25)8-6-12/h4-8,17,25H,1,9-11H2,2-3H3,(H,21,22,23)/t17-/m1/s1. The van der Waals surface area contributed by atoms with Crippen molar-refractivity contribution < 1.29 is 9.90 Å². The Hall–Kier alpha value is -2.54. The molecular formula is C20H22N4O2S. The largest absolute Gasteiger partial charge is 0.508 e. The number of ketones is 1. The van der Waals surface area contributed by atoms with Crippen molar-refractivity contribution in [1.29, 1.82) is 0 Å². The van der Waals surface area contributed by atoms with Gasteiger partial charge in [-0.3, -0.25) is 4.79 Å². The van der Waals surface area contributed by atoms with Gasteiger partial charge in [-0.1, -0.05) is 43.8 Å². The smallest absolute Gasteiger partial charge is 0.227 e. The number of fused-ring (bicyclic) bond motifs is 1. The number of hydrogen-bond acceptors (Lipinski definition) is 6. The van der Waals surface area contributed by atoms with Crippen molar-refractivity contribution in [3.8, 4) is 5.75 Å². The van der Waals surface area contributed by atoms with Crippen LogP contribution in [-0.4, -0.2) is 31.4 Å². The molecule has 27 heavy (non-hydrogen) atoms. The minimum absolute atomic E-state index is 0.0922. The van der Waals surface area contributed by atoms with E-state index in [1.54, 1.807) is 16.8 Å². The molecule has 1 aromatic carbocycles. The van der Waals surface area contributed by atoms with E-state index < -0.39 is 0 Å². The topological polar surface area (TPSA) is 80.0 Å². The number of nitrogens with zero attached hydrogens (tertiary/aromatic N) is 3. The average Bonchev–Trinajstić information content (AvgIpc) is 3.00. The highest BCUT2D eigenvalue weighted by Gasteiger charge is 2.41. The highest BCUT2D eigenvalue weighted by molar-refractivity contribution is 7.99. The van der Waals surface area contributed by atoms with E-state index >= 15 is 0 Å². The molecular weight excluding hydrogens is 360 g/mol. The highest BCUT2D eigenvalue weighted by Crippen LogP contribution is 2.45. The van der Waals surface area contributed by atoms with Gasteiger partial charge in [-0.05, 0) is 29.5 Å². The van der Waals surface area contributed by atoms with Crippen LogP contribution < -0.4 is 5.32 Å². The minimum atomic E-state index is -0.342. The molecule has 0 spiro atoms. The van der Waals surface area contributed by atoms with Crippen molar-refractivity contribution in [2.45, 2.75) is 37.9 Å². The number of thioether (sulfide) groups is 1. The van der Waals surface area contributed by atoms with Crippen molar-refractivity contribution >= 4 is 23.5 Å². The van der Waals surface area contributed by atoms with Crippen LogP contribution in [0.3, 0.4) is 0 Å². The number of benzene rings is 1. The number of phenolic OH excluding ortho intramolecular Hbond substituents is 1. The Kier molecular flexibility index (Phi) is 4.34. The fourth-order valence-electron chi connectivity index (χ4n) is 3.75. The molecule has 2 N–H and O–H groups in total. The third-order valence-corrected chi connectivity index (χ3v) is 5.69. The van der Waals surface area contributed by atoms with Gasteiger partial charge in [0.05, 0.1) is 0 Å².